The summed E-state index contributed by atoms with van der Waals surface area (Å²) >= 11 is 0. The van der Waals surface area contributed by atoms with E-state index in [1.54, 1.807) is 0 Å². The van der Waals surface area contributed by atoms with E-state index in [0.29, 0.717) is 6.42 Å². The van der Waals surface area contributed by atoms with Crippen LogP contribution in [0, 0.1) is 0 Å². The SMILES string of the molecule is [O]C(F)CCCc1ccccc1. The van der Waals surface area contributed by atoms with Gasteiger partial charge in [-0.1, -0.05) is 30.3 Å². The van der Waals surface area contributed by atoms with Crippen LogP contribution in [0.25, 0.3) is 0 Å². The number of alkyl halides is 1. The molecule has 1 nitrogen and oxygen atoms in total. The van der Waals surface area contributed by atoms with E-state index >= 15 is 0 Å². The molecule has 0 amide bonds. The van der Waals surface area contributed by atoms with Gasteiger partial charge in [-0.3, -0.25) is 0 Å². The molecule has 0 N–H and O–H groups in total. The molecule has 0 spiro atoms. The van der Waals surface area contributed by atoms with Gasteiger partial charge in [0.25, 0.3) is 0 Å². The summed E-state index contributed by atoms with van der Waals surface area (Å²) in [6, 6.07) is 9.80. The molecule has 0 saturated heterocycles. The van der Waals surface area contributed by atoms with Gasteiger partial charge in [0, 0.05) is 6.42 Å². The lowest BCUT2D eigenvalue weighted by Gasteiger charge is -1.99. The number of benzene rings is 1. The molecule has 0 aliphatic carbocycles. The lowest BCUT2D eigenvalue weighted by Crippen LogP contribution is -1.95. The van der Waals surface area contributed by atoms with Crippen molar-refractivity contribution in [2.24, 2.45) is 0 Å². The van der Waals surface area contributed by atoms with Crippen LogP contribution in [0.5, 0.6) is 0 Å². The molecule has 1 rings (SSSR count). The van der Waals surface area contributed by atoms with E-state index in [4.69, 9.17) is 0 Å². The molecule has 1 aromatic carbocycles. The molecule has 0 bridgehead atoms. The zero-order valence-corrected chi connectivity index (χ0v) is 6.87. The maximum Gasteiger partial charge on any atom is 0.231 e. The fourth-order valence-electron chi connectivity index (χ4n) is 1.11. The van der Waals surface area contributed by atoms with Gasteiger partial charge in [-0.05, 0) is 18.4 Å². The normalized spacial score (nSPS) is 12.8. The Morgan fingerprint density at radius 2 is 1.92 bits per heavy atom. The average Bonchev–Trinajstić information content (AvgIpc) is 2.05. The monoisotopic (exact) mass is 167 g/mol. The molecular formula is C10H12FO. The first-order valence-corrected chi connectivity index (χ1v) is 4.13. The summed E-state index contributed by atoms with van der Waals surface area (Å²) < 4.78 is 11.8. The highest BCUT2D eigenvalue weighted by atomic mass is 19.1. The van der Waals surface area contributed by atoms with E-state index in [-0.39, 0.29) is 6.42 Å². The van der Waals surface area contributed by atoms with Crippen LogP contribution < -0.4 is 0 Å². The molecule has 1 unspecified atom stereocenters. The fourth-order valence-corrected chi connectivity index (χ4v) is 1.11. The van der Waals surface area contributed by atoms with E-state index in [2.05, 4.69) is 0 Å². The van der Waals surface area contributed by atoms with Crippen LogP contribution in [0.1, 0.15) is 18.4 Å². The molecule has 2 heteroatoms. The van der Waals surface area contributed by atoms with Crippen LogP contribution in [0.4, 0.5) is 4.39 Å². The van der Waals surface area contributed by atoms with Crippen molar-refractivity contribution >= 4 is 0 Å². The largest absolute Gasteiger partial charge is 0.231 e. The summed E-state index contributed by atoms with van der Waals surface area (Å²) in [5, 5.41) is 10.1. The van der Waals surface area contributed by atoms with Gasteiger partial charge in [-0.25, -0.2) is 4.39 Å². The molecule has 1 radical (unpaired) electrons. The number of aryl methyl sites for hydroxylation is 1. The first-order chi connectivity index (χ1) is 5.79. The Morgan fingerprint density at radius 1 is 1.25 bits per heavy atom. The molecule has 0 fully saturated rings. The standard InChI is InChI=1S/C10H12FO/c11-10(12)8-4-7-9-5-2-1-3-6-9/h1-3,5-6,10H,4,7-8H2. The third kappa shape index (κ3) is 3.49. The zero-order valence-electron chi connectivity index (χ0n) is 6.87. The van der Waals surface area contributed by atoms with Crippen molar-refractivity contribution in [1.29, 1.82) is 0 Å². The smallest absolute Gasteiger partial charge is 0.213 e. The maximum absolute atomic E-state index is 11.8. The van der Waals surface area contributed by atoms with Gasteiger partial charge >= 0.3 is 0 Å². The van der Waals surface area contributed by atoms with Crippen molar-refractivity contribution in [3.63, 3.8) is 0 Å². The lowest BCUT2D eigenvalue weighted by atomic mass is 10.1. The van der Waals surface area contributed by atoms with Crippen molar-refractivity contribution in [2.45, 2.75) is 25.6 Å². The first kappa shape index (κ1) is 9.20. The van der Waals surface area contributed by atoms with Gasteiger partial charge in [0.05, 0.1) is 0 Å². The van der Waals surface area contributed by atoms with Gasteiger partial charge in [0.2, 0.25) is 6.36 Å². The highest BCUT2D eigenvalue weighted by Gasteiger charge is 2.00. The highest BCUT2D eigenvalue weighted by Crippen LogP contribution is 2.06. The minimum atomic E-state index is -1.91. The molecule has 0 heterocycles. The number of rotatable bonds is 4. The molecule has 12 heavy (non-hydrogen) atoms. The van der Waals surface area contributed by atoms with Crippen molar-refractivity contribution < 1.29 is 9.50 Å². The first-order valence-electron chi connectivity index (χ1n) is 4.13. The number of hydrogen-bond donors (Lipinski definition) is 0. The number of halogens is 1. The minimum Gasteiger partial charge on any atom is -0.213 e. The predicted molar refractivity (Wildman–Crippen MR) is 45.0 cm³/mol. The van der Waals surface area contributed by atoms with Gasteiger partial charge < -0.3 is 0 Å². The summed E-state index contributed by atoms with van der Waals surface area (Å²) in [5.41, 5.74) is 1.16. The summed E-state index contributed by atoms with van der Waals surface area (Å²) in [6.45, 7) is 0. The Morgan fingerprint density at radius 3 is 2.50 bits per heavy atom. The average molecular weight is 167 g/mol. The van der Waals surface area contributed by atoms with E-state index in [0.717, 1.165) is 12.0 Å². The Bertz CT molecular complexity index is 208. The molecule has 0 aliphatic heterocycles. The minimum absolute atomic E-state index is 0.120. The van der Waals surface area contributed by atoms with Crippen molar-refractivity contribution in [2.75, 3.05) is 0 Å². The highest BCUT2D eigenvalue weighted by molar-refractivity contribution is 5.14. The van der Waals surface area contributed by atoms with Crippen LogP contribution in [0.15, 0.2) is 30.3 Å². The van der Waals surface area contributed by atoms with Crippen molar-refractivity contribution in [1.82, 2.24) is 0 Å². The molecule has 1 atom stereocenters. The van der Waals surface area contributed by atoms with Gasteiger partial charge in [-0.2, -0.15) is 5.11 Å². The van der Waals surface area contributed by atoms with E-state index in [9.17, 15) is 9.50 Å². The Kier molecular flexibility index (Phi) is 3.74. The fraction of sp³-hybridized carbons (Fsp3) is 0.400. The molecule has 0 aromatic heterocycles. The molecular weight excluding hydrogens is 155 g/mol. The zero-order chi connectivity index (χ0) is 8.81. The molecule has 65 valence electrons. The summed E-state index contributed by atoms with van der Waals surface area (Å²) in [5.74, 6) is 0. The summed E-state index contributed by atoms with van der Waals surface area (Å²) in [4.78, 5) is 0. The second-order valence-corrected chi connectivity index (χ2v) is 2.79. The maximum atomic E-state index is 11.8. The van der Waals surface area contributed by atoms with Crippen molar-refractivity contribution in [3.8, 4) is 0 Å². The van der Waals surface area contributed by atoms with Crippen LogP contribution in [0.3, 0.4) is 0 Å². The topological polar surface area (TPSA) is 19.9 Å². The Hall–Kier alpha value is -0.890. The molecule has 0 saturated carbocycles. The summed E-state index contributed by atoms with van der Waals surface area (Å²) in [7, 11) is 0. The Labute approximate surface area is 71.9 Å². The summed E-state index contributed by atoms with van der Waals surface area (Å²) in [6.07, 6.45) is -0.360. The second kappa shape index (κ2) is 4.88. The lowest BCUT2D eigenvalue weighted by molar-refractivity contribution is -0.0291. The molecule has 0 aliphatic rings. The van der Waals surface area contributed by atoms with Crippen LogP contribution in [0.2, 0.25) is 0 Å². The van der Waals surface area contributed by atoms with Crippen LogP contribution in [-0.4, -0.2) is 6.36 Å². The van der Waals surface area contributed by atoms with E-state index < -0.39 is 6.36 Å². The third-order valence-corrected chi connectivity index (χ3v) is 1.74. The Balaban J connectivity index is 2.25. The quantitative estimate of drug-likeness (QED) is 0.657. The van der Waals surface area contributed by atoms with Gasteiger partial charge in [-0.15, -0.1) is 0 Å². The predicted octanol–water partition coefficient (Wildman–Crippen LogP) is 2.74. The van der Waals surface area contributed by atoms with E-state index in [1.807, 2.05) is 30.3 Å². The van der Waals surface area contributed by atoms with Crippen LogP contribution >= 0.6 is 0 Å². The van der Waals surface area contributed by atoms with E-state index in [1.165, 1.54) is 0 Å². The van der Waals surface area contributed by atoms with Gasteiger partial charge in [0.1, 0.15) is 0 Å². The number of hydrogen-bond acceptors (Lipinski definition) is 0. The van der Waals surface area contributed by atoms with Gasteiger partial charge in [0.15, 0.2) is 0 Å². The van der Waals surface area contributed by atoms with Crippen molar-refractivity contribution in [3.05, 3.63) is 35.9 Å². The van der Waals surface area contributed by atoms with Crippen LogP contribution in [-0.2, 0) is 11.5 Å². The second-order valence-electron chi connectivity index (χ2n) is 2.79. The third-order valence-electron chi connectivity index (χ3n) is 1.74. The molecule has 1 aromatic rings.